The summed E-state index contributed by atoms with van der Waals surface area (Å²) in [4.78, 5) is 9.26. The fraction of sp³-hybridized carbons (Fsp3) is 0.667. The molecule has 1 unspecified atom stereocenters. The molecular formula is C12H18N2. The third-order valence-corrected chi connectivity index (χ3v) is 3.33. The molecule has 0 fully saturated rings. The van der Waals surface area contributed by atoms with Crippen LogP contribution >= 0.6 is 0 Å². The van der Waals surface area contributed by atoms with Crippen LogP contribution < -0.4 is 0 Å². The van der Waals surface area contributed by atoms with Crippen LogP contribution in [0.2, 0.25) is 0 Å². The minimum Gasteiger partial charge on any atom is -0.284 e. The van der Waals surface area contributed by atoms with Crippen LogP contribution in [0.15, 0.2) is 21.3 Å². The molecule has 1 aliphatic carbocycles. The van der Waals surface area contributed by atoms with Gasteiger partial charge in [-0.3, -0.25) is 9.98 Å². The van der Waals surface area contributed by atoms with Crippen LogP contribution in [-0.2, 0) is 0 Å². The third-order valence-electron chi connectivity index (χ3n) is 3.33. The number of hydrogen-bond donors (Lipinski definition) is 0. The average molecular weight is 190 g/mol. The van der Waals surface area contributed by atoms with E-state index in [9.17, 15) is 0 Å². The van der Waals surface area contributed by atoms with E-state index in [-0.39, 0.29) is 0 Å². The molecule has 1 atom stereocenters. The van der Waals surface area contributed by atoms with Crippen LogP contribution in [0.3, 0.4) is 0 Å². The summed E-state index contributed by atoms with van der Waals surface area (Å²) < 4.78 is 0. The summed E-state index contributed by atoms with van der Waals surface area (Å²) >= 11 is 0. The third kappa shape index (κ3) is 1.66. The van der Waals surface area contributed by atoms with Gasteiger partial charge in [-0.25, -0.2) is 0 Å². The first-order valence-corrected chi connectivity index (χ1v) is 5.47. The number of nitrogens with zero attached hydrogens (tertiary/aromatic N) is 2. The lowest BCUT2D eigenvalue weighted by Gasteiger charge is -2.22. The molecule has 0 saturated heterocycles. The summed E-state index contributed by atoms with van der Waals surface area (Å²) in [7, 11) is 0. The van der Waals surface area contributed by atoms with E-state index in [0.717, 1.165) is 24.4 Å². The van der Waals surface area contributed by atoms with Gasteiger partial charge in [-0.1, -0.05) is 6.92 Å². The maximum atomic E-state index is 4.69. The van der Waals surface area contributed by atoms with Gasteiger partial charge in [0.1, 0.15) is 0 Å². The molecule has 14 heavy (non-hydrogen) atoms. The molecule has 0 aromatic carbocycles. The first-order valence-electron chi connectivity index (χ1n) is 5.47. The van der Waals surface area contributed by atoms with Crippen molar-refractivity contribution in [2.24, 2.45) is 15.9 Å². The highest BCUT2D eigenvalue weighted by molar-refractivity contribution is 6.41. The molecule has 1 heterocycles. The Balaban J connectivity index is 2.39. The zero-order valence-electron chi connectivity index (χ0n) is 9.30. The van der Waals surface area contributed by atoms with Crippen LogP contribution in [0.1, 0.15) is 40.0 Å². The Hall–Kier alpha value is -0.920. The molecule has 0 bridgehead atoms. The van der Waals surface area contributed by atoms with Crippen molar-refractivity contribution >= 4 is 11.4 Å². The van der Waals surface area contributed by atoms with Gasteiger partial charge in [0.15, 0.2) is 0 Å². The van der Waals surface area contributed by atoms with Gasteiger partial charge in [0, 0.05) is 5.70 Å². The van der Waals surface area contributed by atoms with Crippen molar-refractivity contribution in [3.05, 3.63) is 11.3 Å². The second-order valence-electron chi connectivity index (χ2n) is 4.36. The Bertz CT molecular complexity index is 334. The summed E-state index contributed by atoms with van der Waals surface area (Å²) in [5, 5.41) is 0. The zero-order valence-corrected chi connectivity index (χ0v) is 9.30. The van der Waals surface area contributed by atoms with Crippen LogP contribution in [0.5, 0.6) is 0 Å². The minimum atomic E-state index is 0.685. The lowest BCUT2D eigenvalue weighted by Crippen LogP contribution is -2.10. The molecule has 2 nitrogen and oxygen atoms in total. The molecule has 1 aliphatic heterocycles. The molecular weight excluding hydrogens is 172 g/mol. The summed E-state index contributed by atoms with van der Waals surface area (Å²) in [5.41, 5.74) is 5.00. The molecule has 2 rings (SSSR count). The van der Waals surface area contributed by atoms with Gasteiger partial charge >= 0.3 is 0 Å². The molecule has 0 amide bonds. The van der Waals surface area contributed by atoms with Gasteiger partial charge in [0.05, 0.1) is 18.0 Å². The number of allylic oxidation sites excluding steroid dienone is 1. The first-order chi connectivity index (χ1) is 6.68. The van der Waals surface area contributed by atoms with Gasteiger partial charge in [-0.2, -0.15) is 0 Å². The lowest BCUT2D eigenvalue weighted by molar-refractivity contribution is 0.526. The largest absolute Gasteiger partial charge is 0.284 e. The Morgan fingerprint density at radius 3 is 2.79 bits per heavy atom. The Kier molecular flexibility index (Phi) is 2.53. The highest BCUT2D eigenvalue weighted by Gasteiger charge is 2.20. The van der Waals surface area contributed by atoms with Crippen LogP contribution in [0, 0.1) is 5.92 Å². The van der Waals surface area contributed by atoms with Gasteiger partial charge in [0.2, 0.25) is 0 Å². The Morgan fingerprint density at radius 1 is 1.21 bits per heavy atom. The van der Waals surface area contributed by atoms with Gasteiger partial charge in [-0.15, -0.1) is 0 Å². The predicted molar refractivity (Wildman–Crippen MR) is 61.1 cm³/mol. The topological polar surface area (TPSA) is 24.7 Å². The van der Waals surface area contributed by atoms with Crippen LogP contribution in [0.4, 0.5) is 0 Å². The van der Waals surface area contributed by atoms with E-state index < -0.39 is 0 Å². The smallest absolute Gasteiger partial charge is 0.0626 e. The van der Waals surface area contributed by atoms with Crippen LogP contribution in [0.25, 0.3) is 0 Å². The average Bonchev–Trinajstić information content (AvgIpc) is 2.29. The molecule has 0 aromatic heterocycles. The van der Waals surface area contributed by atoms with Crippen molar-refractivity contribution in [2.45, 2.75) is 40.0 Å². The monoisotopic (exact) mass is 190 g/mol. The van der Waals surface area contributed by atoms with Crippen molar-refractivity contribution in [3.63, 3.8) is 0 Å². The molecule has 2 aliphatic rings. The van der Waals surface area contributed by atoms with E-state index >= 15 is 0 Å². The summed E-state index contributed by atoms with van der Waals surface area (Å²) in [6.07, 6.45) is 3.75. The van der Waals surface area contributed by atoms with Crippen molar-refractivity contribution in [1.82, 2.24) is 0 Å². The molecule has 2 heteroatoms. The van der Waals surface area contributed by atoms with E-state index in [4.69, 9.17) is 4.99 Å². The number of rotatable bonds is 0. The molecule has 76 valence electrons. The lowest BCUT2D eigenvalue weighted by atomic mass is 9.87. The number of hydrogen-bond acceptors (Lipinski definition) is 2. The van der Waals surface area contributed by atoms with Gasteiger partial charge < -0.3 is 0 Å². The summed E-state index contributed by atoms with van der Waals surface area (Å²) in [6, 6.07) is 0. The standard InChI is InChI=1S/C12H18N2/c1-8-5-4-6-12-11(8)7-13-9(2)10(3)14-12/h8H,4-7H2,1-3H3. The molecule has 0 saturated carbocycles. The predicted octanol–water partition coefficient (Wildman–Crippen LogP) is 3.00. The SMILES string of the molecule is CC1=NCC2=C(CCCC2C)N=C1C. The Labute approximate surface area is 85.8 Å². The molecule has 0 N–H and O–H groups in total. The zero-order chi connectivity index (χ0) is 10.1. The second kappa shape index (κ2) is 3.68. The minimum absolute atomic E-state index is 0.685. The number of aliphatic imine (C=N–C) groups is 2. The van der Waals surface area contributed by atoms with E-state index in [1.165, 1.54) is 24.1 Å². The van der Waals surface area contributed by atoms with Crippen molar-refractivity contribution in [2.75, 3.05) is 6.54 Å². The second-order valence-corrected chi connectivity index (χ2v) is 4.36. The van der Waals surface area contributed by atoms with E-state index in [2.05, 4.69) is 25.8 Å². The van der Waals surface area contributed by atoms with Gasteiger partial charge in [-0.05, 0) is 44.6 Å². The quantitative estimate of drug-likeness (QED) is 0.561. The highest BCUT2D eigenvalue weighted by atomic mass is 14.9. The molecule has 0 aromatic rings. The Morgan fingerprint density at radius 2 is 2.00 bits per heavy atom. The molecule has 0 radical (unpaired) electrons. The van der Waals surface area contributed by atoms with E-state index in [1.54, 1.807) is 0 Å². The maximum absolute atomic E-state index is 4.69. The van der Waals surface area contributed by atoms with Gasteiger partial charge in [0.25, 0.3) is 0 Å². The fourth-order valence-electron chi connectivity index (χ4n) is 2.17. The summed E-state index contributed by atoms with van der Waals surface area (Å²) in [5.74, 6) is 0.685. The van der Waals surface area contributed by atoms with Crippen molar-refractivity contribution < 1.29 is 0 Å². The summed E-state index contributed by atoms with van der Waals surface area (Å²) in [6.45, 7) is 7.30. The maximum Gasteiger partial charge on any atom is 0.0626 e. The van der Waals surface area contributed by atoms with E-state index in [0.29, 0.717) is 5.92 Å². The molecule has 0 spiro atoms. The highest BCUT2D eigenvalue weighted by Crippen LogP contribution is 2.31. The van der Waals surface area contributed by atoms with E-state index in [1.807, 2.05) is 0 Å². The normalized spacial score (nSPS) is 27.8. The fourth-order valence-corrected chi connectivity index (χ4v) is 2.17. The van der Waals surface area contributed by atoms with Crippen molar-refractivity contribution in [3.8, 4) is 0 Å². The first kappa shape index (κ1) is 9.63. The van der Waals surface area contributed by atoms with Crippen LogP contribution in [-0.4, -0.2) is 18.0 Å². The van der Waals surface area contributed by atoms with Crippen molar-refractivity contribution in [1.29, 1.82) is 0 Å².